The van der Waals surface area contributed by atoms with Gasteiger partial charge in [-0.05, 0) is 252 Å². The van der Waals surface area contributed by atoms with Crippen LogP contribution in [0.2, 0.25) is 0 Å². The van der Waals surface area contributed by atoms with Crippen molar-refractivity contribution < 1.29 is 0 Å². The summed E-state index contributed by atoms with van der Waals surface area (Å²) in [5.74, 6) is 22.3. The molecule has 0 amide bonds. The third-order valence-corrected chi connectivity index (χ3v) is 22.8. The van der Waals surface area contributed by atoms with Gasteiger partial charge < -0.3 is 0 Å². The molecule has 0 aliphatic heterocycles. The van der Waals surface area contributed by atoms with E-state index < -0.39 is 0 Å². The molecular weight excluding hydrogens is 625 g/mol. The van der Waals surface area contributed by atoms with Crippen LogP contribution in [0.4, 0.5) is 0 Å². The van der Waals surface area contributed by atoms with Crippen LogP contribution >= 0.6 is 0 Å². The van der Waals surface area contributed by atoms with Crippen molar-refractivity contribution in [1.29, 1.82) is 0 Å². The lowest BCUT2D eigenvalue weighted by atomic mass is 9.46. The second-order valence-electron chi connectivity index (χ2n) is 24.2. The van der Waals surface area contributed by atoms with E-state index in [1.807, 2.05) is 0 Å². The fraction of sp³-hybridized carbons (Fsp3) is 1.00. The summed E-state index contributed by atoms with van der Waals surface area (Å²) >= 11 is 0. The van der Waals surface area contributed by atoms with Crippen molar-refractivity contribution in [3.05, 3.63) is 0 Å². The van der Waals surface area contributed by atoms with Gasteiger partial charge >= 0.3 is 0 Å². The molecule has 0 saturated heterocycles. The first-order valence-corrected chi connectivity index (χ1v) is 25.5. The number of hydrogen-bond donors (Lipinski definition) is 0. The Bertz CT molecular complexity index is 1230. The van der Waals surface area contributed by atoms with Gasteiger partial charge in [-0.1, -0.05) is 71.6 Å². The van der Waals surface area contributed by atoms with Crippen LogP contribution in [0.5, 0.6) is 0 Å². The maximum Gasteiger partial charge on any atom is -0.0292 e. The molecule has 0 N–H and O–H groups in total. The van der Waals surface area contributed by atoms with E-state index in [0.717, 1.165) is 118 Å². The van der Waals surface area contributed by atoms with Gasteiger partial charge in [-0.25, -0.2) is 0 Å². The quantitative estimate of drug-likeness (QED) is 0.274. The SMILES string of the molecule is CC1(C)C2CC(C3CC[C@H]4CCCCC4C3)CCC2C2CCC(C3CCC(C4CCC5C6CCCCC6C6CCCCC6C5C4)C4CCCC34)CC21. The van der Waals surface area contributed by atoms with Gasteiger partial charge in [0.25, 0.3) is 0 Å². The van der Waals surface area contributed by atoms with Crippen LogP contribution in [-0.2, 0) is 0 Å². The Morgan fingerprint density at radius 1 is 0.231 bits per heavy atom. The topological polar surface area (TPSA) is 0 Å². The molecule has 11 fully saturated rings. The van der Waals surface area contributed by atoms with Crippen molar-refractivity contribution >= 4 is 0 Å². The maximum absolute atomic E-state index is 2.83. The average molecular weight is 709 g/mol. The Kier molecular flexibility index (Phi) is 9.56. The van der Waals surface area contributed by atoms with Crippen molar-refractivity contribution in [2.75, 3.05) is 0 Å². The summed E-state index contributed by atoms with van der Waals surface area (Å²) in [6.07, 6.45) is 46.8. The van der Waals surface area contributed by atoms with Crippen LogP contribution in [0, 0.1) is 124 Å². The molecule has 52 heavy (non-hydrogen) atoms. The first-order valence-electron chi connectivity index (χ1n) is 25.5. The molecule has 11 rings (SSSR count). The Labute approximate surface area is 322 Å². The molecule has 0 bridgehead atoms. The lowest BCUT2D eigenvalue weighted by Gasteiger charge is -2.59. The molecule has 11 aliphatic carbocycles. The molecule has 19 unspecified atom stereocenters. The van der Waals surface area contributed by atoms with Gasteiger partial charge in [0.2, 0.25) is 0 Å². The van der Waals surface area contributed by atoms with Crippen LogP contribution in [0.25, 0.3) is 0 Å². The smallest absolute Gasteiger partial charge is 0.0292 e. The Hall–Kier alpha value is 0. The Morgan fingerprint density at radius 3 is 1.21 bits per heavy atom. The predicted molar refractivity (Wildman–Crippen MR) is 217 cm³/mol. The minimum absolute atomic E-state index is 0.605. The molecule has 0 spiro atoms. The van der Waals surface area contributed by atoms with Crippen molar-refractivity contribution in [2.45, 2.75) is 200 Å². The maximum atomic E-state index is 2.83. The van der Waals surface area contributed by atoms with Crippen molar-refractivity contribution in [3.63, 3.8) is 0 Å². The van der Waals surface area contributed by atoms with Gasteiger partial charge in [0.15, 0.2) is 0 Å². The normalized spacial score (nSPS) is 56.9. The van der Waals surface area contributed by atoms with E-state index in [2.05, 4.69) is 13.8 Å². The molecule has 0 aromatic carbocycles. The van der Waals surface area contributed by atoms with Crippen LogP contribution in [0.1, 0.15) is 200 Å². The molecule has 11 saturated carbocycles. The molecule has 0 aromatic rings. The monoisotopic (exact) mass is 709 g/mol. The van der Waals surface area contributed by atoms with Crippen LogP contribution in [0.3, 0.4) is 0 Å². The first kappa shape index (κ1) is 35.2. The fourth-order valence-corrected chi connectivity index (χ4v) is 20.9. The highest BCUT2D eigenvalue weighted by Crippen LogP contribution is 2.68. The molecule has 0 heteroatoms. The minimum Gasteiger partial charge on any atom is -0.0594 e. The zero-order chi connectivity index (χ0) is 34.6. The summed E-state index contributed by atoms with van der Waals surface area (Å²) < 4.78 is 0. The van der Waals surface area contributed by atoms with E-state index in [0.29, 0.717) is 5.41 Å². The van der Waals surface area contributed by atoms with Gasteiger partial charge in [-0.2, -0.15) is 0 Å². The summed E-state index contributed by atoms with van der Waals surface area (Å²) in [4.78, 5) is 0. The summed E-state index contributed by atoms with van der Waals surface area (Å²) in [5.41, 5.74) is 0.605. The highest BCUT2D eigenvalue weighted by Gasteiger charge is 2.60. The van der Waals surface area contributed by atoms with Crippen molar-refractivity contribution in [1.82, 2.24) is 0 Å². The van der Waals surface area contributed by atoms with E-state index in [1.54, 1.807) is 186 Å². The van der Waals surface area contributed by atoms with E-state index in [9.17, 15) is 0 Å². The third-order valence-electron chi connectivity index (χ3n) is 22.8. The van der Waals surface area contributed by atoms with Crippen molar-refractivity contribution in [3.8, 4) is 0 Å². The van der Waals surface area contributed by atoms with E-state index in [4.69, 9.17) is 0 Å². The van der Waals surface area contributed by atoms with Gasteiger partial charge in [0.05, 0.1) is 0 Å². The molecule has 0 aromatic heterocycles. The minimum atomic E-state index is 0.605. The predicted octanol–water partition coefficient (Wildman–Crippen LogP) is 14.8. The zero-order valence-corrected chi connectivity index (χ0v) is 34.6. The summed E-state index contributed by atoms with van der Waals surface area (Å²) in [6.45, 7) is 5.67. The molecule has 20 atom stereocenters. The van der Waals surface area contributed by atoms with Gasteiger partial charge in [0, 0.05) is 0 Å². The number of hydrogen-bond acceptors (Lipinski definition) is 0. The molecule has 0 radical (unpaired) electrons. The number of fused-ring (bicyclic) bond motifs is 11. The summed E-state index contributed by atoms with van der Waals surface area (Å²) in [5, 5.41) is 0. The Morgan fingerprint density at radius 2 is 0.577 bits per heavy atom. The highest BCUT2D eigenvalue weighted by molar-refractivity contribution is 5.09. The summed E-state index contributed by atoms with van der Waals surface area (Å²) in [7, 11) is 0. The first-order chi connectivity index (χ1) is 25.5. The Balaban J connectivity index is 0.753. The molecular formula is C52H84. The van der Waals surface area contributed by atoms with Crippen LogP contribution in [-0.4, -0.2) is 0 Å². The molecule has 11 aliphatic rings. The summed E-state index contributed by atoms with van der Waals surface area (Å²) in [6, 6.07) is 0. The molecule has 292 valence electrons. The standard InChI is InChI=1S/C52H84/c1-52(2)50-30-35(34-19-18-32-10-3-4-11-33(32)28-34)20-24-47(50)48-25-22-37(31-51(48)52)39-27-26-38(40-16-9-17-41(39)40)36-21-23-46-44-14-6-5-12-42(44)43-13-7-8-15-45(43)49(46)29-36/h32-51H,3-31H2,1-2H3/t32-,33?,34?,35?,36?,37?,38?,39?,40?,41?,42?,43?,44?,45?,46?,47?,48?,49?,50?,51?/m1/s1. The van der Waals surface area contributed by atoms with Crippen LogP contribution < -0.4 is 0 Å². The lowest BCUT2D eigenvalue weighted by Crippen LogP contribution is -2.51. The second-order valence-corrected chi connectivity index (χ2v) is 24.2. The van der Waals surface area contributed by atoms with Crippen molar-refractivity contribution in [2.24, 2.45) is 124 Å². The van der Waals surface area contributed by atoms with Gasteiger partial charge in [-0.15, -0.1) is 0 Å². The fourth-order valence-electron chi connectivity index (χ4n) is 20.9. The van der Waals surface area contributed by atoms with Gasteiger partial charge in [0.1, 0.15) is 0 Å². The zero-order valence-electron chi connectivity index (χ0n) is 34.6. The largest absolute Gasteiger partial charge is 0.0594 e. The van der Waals surface area contributed by atoms with E-state index in [-0.39, 0.29) is 0 Å². The average Bonchev–Trinajstić information content (AvgIpc) is 3.78. The van der Waals surface area contributed by atoms with Gasteiger partial charge in [-0.3, -0.25) is 0 Å². The lowest BCUT2D eigenvalue weighted by molar-refractivity contribution is -0.100. The third kappa shape index (κ3) is 5.79. The van der Waals surface area contributed by atoms with Crippen LogP contribution in [0.15, 0.2) is 0 Å². The molecule has 0 heterocycles. The molecule has 0 nitrogen and oxygen atoms in total. The number of rotatable bonds is 3. The van der Waals surface area contributed by atoms with E-state index >= 15 is 0 Å². The second kappa shape index (κ2) is 14.1. The van der Waals surface area contributed by atoms with E-state index in [1.165, 1.54) is 0 Å². The highest BCUT2D eigenvalue weighted by atomic mass is 14.6.